The highest BCUT2D eigenvalue weighted by atomic mass is 19.1. The number of hydrogen-bond donors (Lipinski definition) is 2. The van der Waals surface area contributed by atoms with E-state index < -0.39 is 11.6 Å². The number of hydrogen-bond acceptors (Lipinski definition) is 6. The highest BCUT2D eigenvalue weighted by Gasteiger charge is 2.54. The fourth-order valence-electron chi connectivity index (χ4n) is 7.13. The molecule has 2 atom stereocenters. The average molecular weight is 552 g/mol. The Bertz CT molecular complexity index is 1550. The van der Waals surface area contributed by atoms with Crippen molar-refractivity contribution >= 4 is 28.1 Å². The first-order valence-electron chi connectivity index (χ1n) is 14.4. The Morgan fingerprint density at radius 1 is 1.00 bits per heavy atom. The van der Waals surface area contributed by atoms with Crippen molar-refractivity contribution in [3.63, 3.8) is 0 Å². The molecule has 1 amide bonds. The Labute approximate surface area is 239 Å². The highest BCUT2D eigenvalue weighted by Crippen LogP contribution is 2.45. The Balaban J connectivity index is 1.10. The lowest BCUT2D eigenvalue weighted by Gasteiger charge is -2.45. The largest absolute Gasteiger partial charge is 0.389 e. The summed E-state index contributed by atoms with van der Waals surface area (Å²) in [5.41, 5.74) is 3.76. The number of anilines is 2. The summed E-state index contributed by atoms with van der Waals surface area (Å²) in [5, 5.41) is 16.7. The van der Waals surface area contributed by atoms with Crippen molar-refractivity contribution in [1.82, 2.24) is 14.8 Å². The number of carbonyl (C=O) groups is 1. The fraction of sp³-hybridized carbons (Fsp3) is 0.333. The normalized spacial score (nSPS) is 20.7. The van der Waals surface area contributed by atoms with Gasteiger partial charge < -0.3 is 20.2 Å². The van der Waals surface area contributed by atoms with E-state index in [2.05, 4.69) is 56.5 Å². The molecule has 0 radical (unpaired) electrons. The Hall–Kier alpha value is -4.01. The van der Waals surface area contributed by atoms with Gasteiger partial charge in [-0.25, -0.2) is 4.39 Å². The molecule has 4 aromatic rings. The molecule has 41 heavy (non-hydrogen) atoms. The van der Waals surface area contributed by atoms with Gasteiger partial charge in [-0.15, -0.1) is 0 Å². The van der Waals surface area contributed by atoms with E-state index in [1.54, 1.807) is 29.4 Å². The van der Waals surface area contributed by atoms with E-state index in [0.717, 1.165) is 30.9 Å². The van der Waals surface area contributed by atoms with Gasteiger partial charge in [0.1, 0.15) is 11.4 Å². The molecular weight excluding hydrogens is 517 g/mol. The van der Waals surface area contributed by atoms with Crippen LogP contribution in [0.2, 0.25) is 0 Å². The molecule has 3 heterocycles. The smallest absolute Gasteiger partial charge is 0.250 e. The molecule has 3 aromatic carbocycles. The van der Waals surface area contributed by atoms with Gasteiger partial charge in [0.25, 0.3) is 0 Å². The van der Waals surface area contributed by atoms with Crippen molar-refractivity contribution in [3.8, 4) is 0 Å². The average Bonchev–Trinajstić information content (AvgIpc) is 3.50. The van der Waals surface area contributed by atoms with Crippen molar-refractivity contribution in [3.05, 3.63) is 102 Å². The molecule has 1 spiro atoms. The number of aliphatic hydroxyl groups excluding tert-OH is 1. The van der Waals surface area contributed by atoms with Crippen LogP contribution in [0.5, 0.6) is 0 Å². The summed E-state index contributed by atoms with van der Waals surface area (Å²) in [6.45, 7) is 2.49. The van der Waals surface area contributed by atoms with Gasteiger partial charge in [0, 0.05) is 49.4 Å². The summed E-state index contributed by atoms with van der Waals surface area (Å²) in [6, 6.07) is 23.6. The van der Waals surface area contributed by atoms with E-state index >= 15 is 0 Å². The number of likely N-dealkylation sites (tertiary alicyclic amines) is 1. The van der Waals surface area contributed by atoms with Crippen LogP contribution in [0.3, 0.4) is 0 Å². The first-order chi connectivity index (χ1) is 20.0. The van der Waals surface area contributed by atoms with Crippen LogP contribution in [0.25, 0.3) is 10.8 Å². The van der Waals surface area contributed by atoms with Crippen molar-refractivity contribution in [2.45, 2.75) is 36.9 Å². The monoisotopic (exact) mass is 551 g/mol. The van der Waals surface area contributed by atoms with Crippen LogP contribution in [0.4, 0.5) is 15.8 Å². The Morgan fingerprint density at radius 3 is 2.49 bits per heavy atom. The van der Waals surface area contributed by atoms with Crippen molar-refractivity contribution in [1.29, 1.82) is 0 Å². The van der Waals surface area contributed by atoms with E-state index in [1.165, 1.54) is 34.0 Å². The molecular formula is C33H34FN5O2. The number of β-amino-alcohol motifs (C(OH)–C–C–N with tert-alkyl or cyclic N) is 1. The van der Waals surface area contributed by atoms with Crippen LogP contribution in [-0.4, -0.2) is 70.3 Å². The van der Waals surface area contributed by atoms with Crippen LogP contribution in [0, 0.1) is 5.82 Å². The van der Waals surface area contributed by atoms with Gasteiger partial charge in [0.2, 0.25) is 5.91 Å². The second-order valence-corrected chi connectivity index (χ2v) is 11.5. The van der Waals surface area contributed by atoms with E-state index in [0.29, 0.717) is 32.1 Å². The second kappa shape index (κ2) is 10.4. The summed E-state index contributed by atoms with van der Waals surface area (Å²) in [4.78, 5) is 24.6. The summed E-state index contributed by atoms with van der Waals surface area (Å²) < 4.78 is 13.8. The standard InChI is InChI=1S/C33H34FN5O2/c34-25-7-9-27(10-8-25)39-22-38(21-28(40)20-36-26-11-15-35-16-12-26)32(41)33(39)13-17-37(18-14-33)30-19-24-5-1-3-23-4-2-6-29(30)31(23)24/h1-12,15-16,28,30,40H,13-14,17-22H2,(H,35,36)/t28-,30?/m0/s1. The van der Waals surface area contributed by atoms with Gasteiger partial charge in [0.15, 0.2) is 0 Å². The zero-order valence-electron chi connectivity index (χ0n) is 22.9. The van der Waals surface area contributed by atoms with E-state index in [1.807, 2.05) is 12.1 Å². The number of piperidine rings is 1. The quantitative estimate of drug-likeness (QED) is 0.350. The predicted octanol–water partition coefficient (Wildman–Crippen LogP) is 4.59. The number of aromatic nitrogens is 1. The molecule has 7 nitrogen and oxygen atoms in total. The molecule has 1 aliphatic carbocycles. The zero-order chi connectivity index (χ0) is 28.0. The number of pyridine rings is 1. The van der Waals surface area contributed by atoms with E-state index in [-0.39, 0.29) is 18.3 Å². The number of nitrogens with one attached hydrogen (secondary N) is 1. The molecule has 3 aliphatic rings. The summed E-state index contributed by atoms with van der Waals surface area (Å²) in [6.07, 6.45) is 4.99. The van der Waals surface area contributed by atoms with Crippen molar-refractivity contribution < 1.29 is 14.3 Å². The predicted molar refractivity (Wildman–Crippen MR) is 158 cm³/mol. The molecule has 8 heteroatoms. The first-order valence-corrected chi connectivity index (χ1v) is 14.4. The molecule has 0 bridgehead atoms. The summed E-state index contributed by atoms with van der Waals surface area (Å²) in [7, 11) is 0. The van der Waals surface area contributed by atoms with Crippen LogP contribution in [0.1, 0.15) is 30.0 Å². The van der Waals surface area contributed by atoms with Gasteiger partial charge in [-0.05, 0) is 77.6 Å². The van der Waals surface area contributed by atoms with E-state index in [9.17, 15) is 14.3 Å². The number of nitrogens with zero attached hydrogens (tertiary/aromatic N) is 4. The van der Waals surface area contributed by atoms with Crippen LogP contribution >= 0.6 is 0 Å². The lowest BCUT2D eigenvalue weighted by Crippen LogP contribution is -2.57. The minimum Gasteiger partial charge on any atom is -0.389 e. The first kappa shape index (κ1) is 25.9. The molecule has 2 saturated heterocycles. The molecule has 210 valence electrons. The number of rotatable bonds is 7. The summed E-state index contributed by atoms with van der Waals surface area (Å²) >= 11 is 0. The number of aliphatic hydroxyl groups is 1. The second-order valence-electron chi connectivity index (χ2n) is 11.5. The summed E-state index contributed by atoms with van der Waals surface area (Å²) in [5.74, 6) is -0.256. The molecule has 1 aromatic heterocycles. The topological polar surface area (TPSA) is 71.9 Å². The maximum absolute atomic E-state index is 14.2. The van der Waals surface area contributed by atoms with Crippen molar-refractivity contribution in [2.75, 3.05) is 43.1 Å². The number of benzene rings is 3. The maximum Gasteiger partial charge on any atom is 0.250 e. The van der Waals surface area contributed by atoms with Crippen LogP contribution < -0.4 is 10.2 Å². The third kappa shape index (κ3) is 4.61. The number of halogens is 1. The van der Waals surface area contributed by atoms with Gasteiger partial charge in [-0.3, -0.25) is 14.7 Å². The molecule has 7 rings (SSSR count). The van der Waals surface area contributed by atoms with Crippen molar-refractivity contribution in [2.24, 2.45) is 0 Å². The SMILES string of the molecule is O=C1N(C[C@@H](O)CNc2ccncc2)CN(c2ccc(F)cc2)C12CCN(C1Cc3cccc4cccc1c34)CC2. The lowest BCUT2D eigenvalue weighted by atomic mass is 9.84. The van der Waals surface area contributed by atoms with Gasteiger partial charge in [-0.2, -0.15) is 0 Å². The van der Waals surface area contributed by atoms with Crippen LogP contribution in [-0.2, 0) is 11.2 Å². The minimum absolute atomic E-state index is 0.0428. The van der Waals surface area contributed by atoms with Crippen LogP contribution in [0.15, 0.2) is 85.2 Å². The maximum atomic E-state index is 14.2. The third-order valence-corrected chi connectivity index (χ3v) is 9.17. The molecule has 1 unspecified atom stereocenters. The Morgan fingerprint density at radius 2 is 1.73 bits per heavy atom. The van der Waals surface area contributed by atoms with Gasteiger partial charge in [0.05, 0.1) is 19.3 Å². The number of amides is 1. The minimum atomic E-state index is -0.741. The molecule has 2 aliphatic heterocycles. The van der Waals surface area contributed by atoms with E-state index in [4.69, 9.17) is 0 Å². The third-order valence-electron chi connectivity index (χ3n) is 9.17. The lowest BCUT2D eigenvalue weighted by molar-refractivity contribution is -0.134. The fourth-order valence-corrected chi connectivity index (χ4v) is 7.13. The highest BCUT2D eigenvalue weighted by molar-refractivity contribution is 5.94. The van der Waals surface area contributed by atoms with Gasteiger partial charge in [-0.1, -0.05) is 36.4 Å². The zero-order valence-corrected chi connectivity index (χ0v) is 22.9. The Kier molecular flexibility index (Phi) is 6.60. The molecule has 0 saturated carbocycles. The van der Waals surface area contributed by atoms with Gasteiger partial charge >= 0.3 is 0 Å². The molecule has 2 N–H and O–H groups in total. The molecule has 2 fully saturated rings. The number of carbonyl (C=O) groups excluding carboxylic acids is 1.